The highest BCUT2D eigenvalue weighted by Gasteiger charge is 2.15. The summed E-state index contributed by atoms with van der Waals surface area (Å²) < 4.78 is 0. The zero-order chi connectivity index (χ0) is 14.3. The molecule has 0 saturated carbocycles. The molecule has 3 rings (SSSR count). The Morgan fingerprint density at radius 2 is 1.64 bits per heavy atom. The van der Waals surface area contributed by atoms with Crippen LogP contribution in [0.1, 0.15) is 11.1 Å². The number of benzene rings is 1. The molecule has 0 unspecified atom stereocenters. The summed E-state index contributed by atoms with van der Waals surface area (Å²) in [5.41, 5.74) is 2.47. The van der Waals surface area contributed by atoms with Gasteiger partial charge < -0.3 is 0 Å². The van der Waals surface area contributed by atoms with Gasteiger partial charge in [0, 0.05) is 45.1 Å². The first-order chi connectivity index (χ1) is 10.4. The first-order valence-electron chi connectivity index (χ1n) is 7.35. The van der Waals surface area contributed by atoms with Crippen LogP contribution in [0.4, 0.5) is 0 Å². The monoisotopic (exact) mass is 316 g/mol. The van der Waals surface area contributed by atoms with Crippen LogP contribution in [0.25, 0.3) is 0 Å². The summed E-state index contributed by atoms with van der Waals surface area (Å²) in [6.45, 7) is 5.11. The maximum absolute atomic E-state index is 4.55. The van der Waals surface area contributed by atoms with Gasteiger partial charge in [0.15, 0.2) is 0 Å². The van der Waals surface area contributed by atoms with Gasteiger partial charge in [-0.25, -0.2) is 0 Å². The van der Waals surface area contributed by atoms with Gasteiger partial charge in [-0.15, -0.1) is 12.4 Å². The van der Waals surface area contributed by atoms with Crippen molar-refractivity contribution in [3.05, 3.63) is 66.0 Å². The average molecular weight is 317 g/mol. The lowest BCUT2D eigenvalue weighted by Gasteiger charge is -2.33. The lowest BCUT2D eigenvalue weighted by molar-refractivity contribution is 0.131. The molecule has 0 spiro atoms. The van der Waals surface area contributed by atoms with Crippen molar-refractivity contribution in [2.24, 2.45) is 5.10 Å². The van der Waals surface area contributed by atoms with Gasteiger partial charge in [-0.3, -0.25) is 14.9 Å². The van der Waals surface area contributed by atoms with E-state index in [1.54, 1.807) is 12.4 Å². The summed E-state index contributed by atoms with van der Waals surface area (Å²) in [6.07, 6.45) is 5.49. The molecule has 1 saturated heterocycles. The Morgan fingerprint density at radius 1 is 0.955 bits per heavy atom. The third kappa shape index (κ3) is 4.83. The molecular formula is C17H21ClN4. The molecule has 22 heavy (non-hydrogen) atoms. The molecule has 1 aliphatic heterocycles. The van der Waals surface area contributed by atoms with Gasteiger partial charge in [-0.05, 0) is 23.3 Å². The molecule has 4 nitrogen and oxygen atoms in total. The zero-order valence-electron chi connectivity index (χ0n) is 12.5. The Kier molecular flexibility index (Phi) is 6.37. The lowest BCUT2D eigenvalue weighted by atomic mass is 10.2. The molecule has 116 valence electrons. The minimum Gasteiger partial charge on any atom is -0.295 e. The van der Waals surface area contributed by atoms with Gasteiger partial charge in [0.2, 0.25) is 0 Å². The van der Waals surface area contributed by atoms with Crippen LogP contribution >= 0.6 is 12.4 Å². The third-order valence-corrected chi connectivity index (χ3v) is 3.67. The zero-order valence-corrected chi connectivity index (χ0v) is 13.3. The Balaban J connectivity index is 0.00000176. The second kappa shape index (κ2) is 8.51. The van der Waals surface area contributed by atoms with Gasteiger partial charge in [-0.2, -0.15) is 5.10 Å². The number of hydrogen-bond acceptors (Lipinski definition) is 4. The van der Waals surface area contributed by atoms with E-state index in [4.69, 9.17) is 0 Å². The average Bonchev–Trinajstić information content (AvgIpc) is 2.56. The third-order valence-electron chi connectivity index (χ3n) is 3.67. The Bertz CT molecular complexity index is 566. The SMILES string of the molecule is C(=NN1CCN(Cc2ccccc2)CC1)c1ccncc1.Cl. The summed E-state index contributed by atoms with van der Waals surface area (Å²) >= 11 is 0. The smallest absolute Gasteiger partial charge is 0.0544 e. The largest absolute Gasteiger partial charge is 0.295 e. The number of piperazine rings is 1. The molecule has 1 fully saturated rings. The quantitative estimate of drug-likeness (QED) is 0.813. The first kappa shape index (κ1) is 16.5. The van der Waals surface area contributed by atoms with Crippen LogP contribution in [0.3, 0.4) is 0 Å². The minimum absolute atomic E-state index is 0. The second-order valence-electron chi connectivity index (χ2n) is 5.24. The maximum atomic E-state index is 4.55. The summed E-state index contributed by atoms with van der Waals surface area (Å²) in [5, 5.41) is 6.69. The van der Waals surface area contributed by atoms with Crippen LogP contribution in [-0.2, 0) is 6.54 Å². The van der Waals surface area contributed by atoms with Crippen LogP contribution in [-0.4, -0.2) is 47.3 Å². The number of halogens is 1. The van der Waals surface area contributed by atoms with Gasteiger partial charge in [0.1, 0.15) is 0 Å². The van der Waals surface area contributed by atoms with E-state index >= 15 is 0 Å². The summed E-state index contributed by atoms with van der Waals surface area (Å²) in [7, 11) is 0. The van der Waals surface area contributed by atoms with Crippen LogP contribution in [0.5, 0.6) is 0 Å². The van der Waals surface area contributed by atoms with Crippen molar-refractivity contribution >= 4 is 18.6 Å². The fourth-order valence-electron chi connectivity index (χ4n) is 2.45. The van der Waals surface area contributed by atoms with E-state index in [1.165, 1.54) is 5.56 Å². The fourth-order valence-corrected chi connectivity index (χ4v) is 2.45. The van der Waals surface area contributed by atoms with Crippen LogP contribution < -0.4 is 0 Å². The van der Waals surface area contributed by atoms with Crippen molar-refractivity contribution in [1.29, 1.82) is 0 Å². The first-order valence-corrected chi connectivity index (χ1v) is 7.35. The second-order valence-corrected chi connectivity index (χ2v) is 5.24. The lowest BCUT2D eigenvalue weighted by Crippen LogP contribution is -2.43. The molecule has 1 aliphatic rings. The molecule has 0 atom stereocenters. The highest BCUT2D eigenvalue weighted by molar-refractivity contribution is 5.85. The van der Waals surface area contributed by atoms with Crippen LogP contribution in [0.15, 0.2) is 60.0 Å². The van der Waals surface area contributed by atoms with E-state index in [0.717, 1.165) is 38.3 Å². The summed E-state index contributed by atoms with van der Waals surface area (Å²) in [4.78, 5) is 6.49. The van der Waals surface area contributed by atoms with Crippen molar-refractivity contribution in [3.8, 4) is 0 Å². The standard InChI is InChI=1S/C17H20N4.ClH/c1-2-4-17(5-3-1)15-20-10-12-21(13-11-20)19-14-16-6-8-18-9-7-16;/h1-9,14H,10-13,15H2;1H. The van der Waals surface area contributed by atoms with Crippen LogP contribution in [0, 0.1) is 0 Å². The maximum Gasteiger partial charge on any atom is 0.0544 e. The van der Waals surface area contributed by atoms with Crippen molar-refractivity contribution in [2.45, 2.75) is 6.54 Å². The van der Waals surface area contributed by atoms with Gasteiger partial charge in [-0.1, -0.05) is 30.3 Å². The van der Waals surface area contributed by atoms with Gasteiger partial charge >= 0.3 is 0 Å². The molecule has 2 heterocycles. The molecule has 0 bridgehead atoms. The normalized spacial score (nSPS) is 15.7. The van der Waals surface area contributed by atoms with Crippen LogP contribution in [0.2, 0.25) is 0 Å². The number of nitrogens with zero attached hydrogens (tertiary/aromatic N) is 4. The Morgan fingerprint density at radius 3 is 2.32 bits per heavy atom. The van der Waals surface area contributed by atoms with E-state index < -0.39 is 0 Å². The van der Waals surface area contributed by atoms with Crippen molar-refractivity contribution < 1.29 is 0 Å². The van der Waals surface area contributed by atoms with E-state index in [0.29, 0.717) is 0 Å². The minimum atomic E-state index is 0. The fraction of sp³-hybridized carbons (Fsp3) is 0.294. The highest BCUT2D eigenvalue weighted by atomic mass is 35.5. The van der Waals surface area contributed by atoms with Crippen molar-refractivity contribution in [2.75, 3.05) is 26.2 Å². The van der Waals surface area contributed by atoms with Gasteiger partial charge in [0.05, 0.1) is 6.21 Å². The molecular weight excluding hydrogens is 296 g/mol. The summed E-state index contributed by atoms with van der Waals surface area (Å²) in [5.74, 6) is 0. The van der Waals surface area contributed by atoms with Crippen molar-refractivity contribution in [3.63, 3.8) is 0 Å². The topological polar surface area (TPSA) is 31.7 Å². The van der Waals surface area contributed by atoms with Crippen molar-refractivity contribution in [1.82, 2.24) is 14.9 Å². The highest BCUT2D eigenvalue weighted by Crippen LogP contribution is 2.08. The molecule has 1 aromatic carbocycles. The molecule has 0 aliphatic carbocycles. The number of pyridine rings is 1. The Hall–Kier alpha value is -1.91. The number of hydrazone groups is 1. The molecule has 1 aromatic heterocycles. The number of rotatable bonds is 4. The number of aromatic nitrogens is 1. The predicted molar refractivity (Wildman–Crippen MR) is 92.4 cm³/mol. The molecule has 5 heteroatoms. The predicted octanol–water partition coefficient (Wildman–Crippen LogP) is 2.66. The molecule has 0 amide bonds. The molecule has 0 radical (unpaired) electrons. The van der Waals surface area contributed by atoms with E-state index in [1.807, 2.05) is 18.3 Å². The van der Waals surface area contributed by atoms with E-state index in [9.17, 15) is 0 Å². The van der Waals surface area contributed by atoms with E-state index in [-0.39, 0.29) is 12.4 Å². The van der Waals surface area contributed by atoms with E-state index in [2.05, 4.69) is 50.3 Å². The number of hydrogen-bond donors (Lipinski definition) is 0. The molecule has 0 N–H and O–H groups in total. The Labute approximate surface area is 137 Å². The summed E-state index contributed by atoms with van der Waals surface area (Å²) in [6, 6.07) is 14.6. The van der Waals surface area contributed by atoms with Gasteiger partial charge in [0.25, 0.3) is 0 Å². The molecule has 2 aromatic rings.